The molecule has 1 N–H and O–H groups in total. The van der Waals surface area contributed by atoms with Gasteiger partial charge >= 0.3 is 0 Å². The molecule has 0 heterocycles. The van der Waals surface area contributed by atoms with Gasteiger partial charge in [-0.05, 0) is 36.8 Å². The van der Waals surface area contributed by atoms with Crippen LogP contribution in [0.15, 0.2) is 42.5 Å². The Labute approximate surface area is 121 Å². The number of hydrogen-bond donors (Lipinski definition) is 1. The molecule has 0 unspecified atom stereocenters. The summed E-state index contributed by atoms with van der Waals surface area (Å²) in [4.78, 5) is 24.4. The third kappa shape index (κ3) is 2.84. The first kappa shape index (κ1) is 14.5. The van der Waals surface area contributed by atoms with Crippen LogP contribution in [0.3, 0.4) is 0 Å². The summed E-state index contributed by atoms with van der Waals surface area (Å²) in [6, 6.07) is 10.5. The van der Waals surface area contributed by atoms with Crippen molar-refractivity contribution in [3.8, 4) is 5.75 Å². The van der Waals surface area contributed by atoms with E-state index in [0.717, 1.165) is 0 Å². The van der Waals surface area contributed by atoms with E-state index >= 15 is 0 Å². The predicted octanol–water partition coefficient (Wildman–Crippen LogP) is 2.89. The molecule has 0 atom stereocenters. The molecule has 2 aromatic carbocycles. The second-order valence-corrected chi connectivity index (χ2v) is 4.61. The lowest BCUT2D eigenvalue weighted by Crippen LogP contribution is -2.27. The van der Waals surface area contributed by atoms with E-state index in [1.165, 1.54) is 30.1 Å². The number of aromatic hydroxyl groups is 1. The van der Waals surface area contributed by atoms with Crippen LogP contribution in [0.1, 0.15) is 15.9 Å². The Morgan fingerprint density at radius 2 is 1.81 bits per heavy atom. The quantitative estimate of drug-likeness (QED) is 0.694. The topological polar surface area (TPSA) is 83.7 Å². The SMILES string of the molecule is Cc1cccc([N+](=O)[O-])c1C(=O)N(C)c1ccc(O)cc1. The van der Waals surface area contributed by atoms with Gasteiger partial charge in [0, 0.05) is 18.8 Å². The zero-order valence-corrected chi connectivity index (χ0v) is 11.6. The molecule has 0 aliphatic heterocycles. The molecule has 0 spiro atoms. The van der Waals surface area contributed by atoms with Gasteiger partial charge in [0.2, 0.25) is 0 Å². The molecule has 0 aliphatic carbocycles. The van der Waals surface area contributed by atoms with Crippen LogP contribution in [-0.4, -0.2) is 23.0 Å². The summed E-state index contributed by atoms with van der Waals surface area (Å²) >= 11 is 0. The van der Waals surface area contributed by atoms with E-state index in [-0.39, 0.29) is 17.0 Å². The molecule has 2 aromatic rings. The van der Waals surface area contributed by atoms with Gasteiger partial charge < -0.3 is 10.0 Å². The minimum absolute atomic E-state index is 0.0677. The number of aryl methyl sites for hydroxylation is 1. The molecule has 21 heavy (non-hydrogen) atoms. The van der Waals surface area contributed by atoms with E-state index in [9.17, 15) is 20.0 Å². The zero-order chi connectivity index (χ0) is 15.6. The van der Waals surface area contributed by atoms with Gasteiger partial charge in [0.1, 0.15) is 11.3 Å². The van der Waals surface area contributed by atoms with Crippen molar-refractivity contribution in [1.29, 1.82) is 0 Å². The molecule has 2 rings (SSSR count). The summed E-state index contributed by atoms with van der Waals surface area (Å²) in [5.74, 6) is -0.382. The Morgan fingerprint density at radius 3 is 2.38 bits per heavy atom. The summed E-state index contributed by atoms with van der Waals surface area (Å²) < 4.78 is 0. The van der Waals surface area contributed by atoms with Crippen molar-refractivity contribution in [3.05, 3.63) is 63.7 Å². The lowest BCUT2D eigenvalue weighted by molar-refractivity contribution is -0.385. The van der Waals surface area contributed by atoms with Gasteiger partial charge in [-0.25, -0.2) is 0 Å². The average Bonchev–Trinajstić information content (AvgIpc) is 2.46. The molecule has 0 aromatic heterocycles. The second kappa shape index (κ2) is 5.62. The molecule has 0 saturated carbocycles. The van der Waals surface area contributed by atoms with Crippen molar-refractivity contribution < 1.29 is 14.8 Å². The van der Waals surface area contributed by atoms with E-state index in [4.69, 9.17) is 0 Å². The average molecular weight is 286 g/mol. The van der Waals surface area contributed by atoms with Crippen molar-refractivity contribution in [1.82, 2.24) is 0 Å². The Hall–Kier alpha value is -2.89. The first-order valence-electron chi connectivity index (χ1n) is 6.23. The van der Waals surface area contributed by atoms with Crippen molar-refractivity contribution in [2.75, 3.05) is 11.9 Å². The summed E-state index contributed by atoms with van der Waals surface area (Å²) in [6.07, 6.45) is 0. The molecule has 0 radical (unpaired) electrons. The smallest absolute Gasteiger partial charge is 0.282 e. The van der Waals surface area contributed by atoms with Gasteiger partial charge in [0.05, 0.1) is 4.92 Å². The number of nitrogens with zero attached hydrogens (tertiary/aromatic N) is 2. The van der Waals surface area contributed by atoms with Crippen LogP contribution in [0, 0.1) is 17.0 Å². The van der Waals surface area contributed by atoms with Crippen LogP contribution < -0.4 is 4.90 Å². The fourth-order valence-electron chi connectivity index (χ4n) is 2.04. The van der Waals surface area contributed by atoms with Crippen LogP contribution in [0.2, 0.25) is 0 Å². The van der Waals surface area contributed by atoms with Crippen LogP contribution >= 0.6 is 0 Å². The molecule has 108 valence electrons. The van der Waals surface area contributed by atoms with Crippen LogP contribution in [-0.2, 0) is 0 Å². The minimum atomic E-state index is -0.565. The molecule has 6 nitrogen and oxygen atoms in total. The molecule has 6 heteroatoms. The van der Waals surface area contributed by atoms with Gasteiger partial charge in [-0.3, -0.25) is 14.9 Å². The molecular weight excluding hydrogens is 272 g/mol. The Kier molecular flexibility index (Phi) is 3.89. The third-order valence-electron chi connectivity index (χ3n) is 3.20. The van der Waals surface area contributed by atoms with Crippen molar-refractivity contribution in [2.45, 2.75) is 6.92 Å². The summed E-state index contributed by atoms with van der Waals surface area (Å²) in [5, 5.41) is 20.3. The maximum Gasteiger partial charge on any atom is 0.282 e. The summed E-state index contributed by atoms with van der Waals surface area (Å²) in [7, 11) is 1.53. The normalized spacial score (nSPS) is 10.2. The molecular formula is C15H14N2O4. The highest BCUT2D eigenvalue weighted by Crippen LogP contribution is 2.26. The van der Waals surface area contributed by atoms with Crippen LogP contribution in [0.5, 0.6) is 5.75 Å². The molecule has 0 fully saturated rings. The number of nitro groups is 1. The van der Waals surface area contributed by atoms with Crippen molar-refractivity contribution in [3.63, 3.8) is 0 Å². The Morgan fingerprint density at radius 1 is 1.19 bits per heavy atom. The van der Waals surface area contributed by atoms with Gasteiger partial charge in [0.25, 0.3) is 11.6 Å². The number of phenols is 1. The van der Waals surface area contributed by atoms with E-state index in [1.54, 1.807) is 31.2 Å². The Balaban J connectivity index is 2.45. The number of carbonyl (C=O) groups is 1. The number of anilines is 1. The molecule has 1 amide bonds. The molecule has 0 bridgehead atoms. The lowest BCUT2D eigenvalue weighted by Gasteiger charge is -2.18. The largest absolute Gasteiger partial charge is 0.508 e. The van der Waals surface area contributed by atoms with E-state index in [0.29, 0.717) is 11.3 Å². The highest BCUT2D eigenvalue weighted by atomic mass is 16.6. The van der Waals surface area contributed by atoms with Gasteiger partial charge in [-0.15, -0.1) is 0 Å². The van der Waals surface area contributed by atoms with E-state index in [1.807, 2.05) is 0 Å². The summed E-state index contributed by atoms with van der Waals surface area (Å²) in [5.41, 5.74) is 0.930. The first-order valence-corrected chi connectivity index (χ1v) is 6.23. The number of carbonyl (C=O) groups excluding carboxylic acids is 1. The van der Waals surface area contributed by atoms with Gasteiger partial charge in [0.15, 0.2) is 0 Å². The van der Waals surface area contributed by atoms with Crippen LogP contribution in [0.25, 0.3) is 0 Å². The monoisotopic (exact) mass is 286 g/mol. The van der Waals surface area contributed by atoms with Crippen molar-refractivity contribution >= 4 is 17.3 Å². The Bertz CT molecular complexity index is 695. The highest BCUT2D eigenvalue weighted by Gasteiger charge is 2.25. The standard InChI is InChI=1S/C15H14N2O4/c1-10-4-3-5-13(17(20)21)14(10)15(19)16(2)11-6-8-12(18)9-7-11/h3-9,18H,1-2H3. The number of rotatable bonds is 3. The fraction of sp³-hybridized carbons (Fsp3) is 0.133. The maximum atomic E-state index is 12.5. The second-order valence-electron chi connectivity index (χ2n) is 4.61. The molecule has 0 aliphatic rings. The van der Waals surface area contributed by atoms with E-state index in [2.05, 4.69) is 0 Å². The third-order valence-corrected chi connectivity index (χ3v) is 3.20. The van der Waals surface area contributed by atoms with Crippen molar-refractivity contribution in [2.24, 2.45) is 0 Å². The van der Waals surface area contributed by atoms with Crippen LogP contribution in [0.4, 0.5) is 11.4 Å². The minimum Gasteiger partial charge on any atom is -0.508 e. The molecule has 0 saturated heterocycles. The fourth-order valence-corrected chi connectivity index (χ4v) is 2.04. The number of nitro benzene ring substituents is 1. The number of phenolic OH excluding ortho intramolecular Hbond substituents is 1. The number of hydrogen-bond acceptors (Lipinski definition) is 4. The highest BCUT2D eigenvalue weighted by molar-refractivity contribution is 6.09. The van der Waals surface area contributed by atoms with Gasteiger partial charge in [-0.1, -0.05) is 12.1 Å². The van der Waals surface area contributed by atoms with Gasteiger partial charge in [-0.2, -0.15) is 0 Å². The predicted molar refractivity (Wildman–Crippen MR) is 78.7 cm³/mol. The first-order chi connectivity index (χ1) is 9.91. The number of amides is 1. The maximum absolute atomic E-state index is 12.5. The summed E-state index contributed by atoms with van der Waals surface area (Å²) in [6.45, 7) is 1.66. The van der Waals surface area contributed by atoms with E-state index < -0.39 is 10.8 Å². The lowest BCUT2D eigenvalue weighted by atomic mass is 10.1. The number of benzene rings is 2. The zero-order valence-electron chi connectivity index (χ0n) is 11.6.